The minimum Gasteiger partial charge on any atom is -0.450 e. The number of hydrogen-bond donors (Lipinski definition) is 2. The standard InChI is InChI=1S/C24H20N2O7S/c1-12(2)23(30)33-17-5-3-4-16-20(17)15(27)11-18(32-16)21(28)25-14-8-6-13(7-9-14)10-19-22(29)26-24(31)34-19/h3-9,11-12,19H,10H2,1-2H3,(H,25,28)(H,26,29,31). The molecular formula is C24H20N2O7S. The molecule has 0 bridgehead atoms. The van der Waals surface area contributed by atoms with Gasteiger partial charge in [0.25, 0.3) is 11.1 Å². The van der Waals surface area contributed by atoms with Crippen LogP contribution in [-0.4, -0.2) is 28.3 Å². The highest BCUT2D eigenvalue weighted by molar-refractivity contribution is 8.15. The van der Waals surface area contributed by atoms with Crippen LogP contribution in [-0.2, 0) is 16.0 Å². The minimum absolute atomic E-state index is 0.0725. The van der Waals surface area contributed by atoms with E-state index in [-0.39, 0.29) is 39.5 Å². The summed E-state index contributed by atoms with van der Waals surface area (Å²) in [6, 6.07) is 12.4. The first kappa shape index (κ1) is 23.2. The minimum atomic E-state index is -0.632. The van der Waals surface area contributed by atoms with Crippen LogP contribution in [0.2, 0.25) is 0 Å². The van der Waals surface area contributed by atoms with Gasteiger partial charge in [0.15, 0.2) is 11.2 Å². The number of imide groups is 1. The SMILES string of the molecule is CC(C)C(=O)Oc1cccc2oc(C(=O)Nc3ccc(CC4SC(=O)NC4=O)cc3)cc(=O)c12. The lowest BCUT2D eigenvalue weighted by Crippen LogP contribution is -2.25. The van der Waals surface area contributed by atoms with Crippen molar-refractivity contribution < 1.29 is 28.3 Å². The second kappa shape index (κ2) is 9.52. The molecule has 1 fully saturated rings. The molecular weight excluding hydrogens is 460 g/mol. The van der Waals surface area contributed by atoms with Gasteiger partial charge in [-0.05, 0) is 36.2 Å². The Hall–Kier alpha value is -3.92. The van der Waals surface area contributed by atoms with Crippen molar-refractivity contribution >= 4 is 51.4 Å². The van der Waals surface area contributed by atoms with Crippen molar-refractivity contribution in [2.24, 2.45) is 5.92 Å². The van der Waals surface area contributed by atoms with Crippen LogP contribution in [0, 0.1) is 5.92 Å². The molecule has 2 heterocycles. The molecule has 4 rings (SSSR count). The number of benzene rings is 2. The molecule has 1 aliphatic heterocycles. The monoisotopic (exact) mass is 480 g/mol. The normalized spacial score (nSPS) is 15.4. The van der Waals surface area contributed by atoms with E-state index in [1.807, 2.05) is 0 Å². The highest BCUT2D eigenvalue weighted by Gasteiger charge is 2.31. The van der Waals surface area contributed by atoms with Gasteiger partial charge in [0.05, 0.1) is 11.2 Å². The van der Waals surface area contributed by atoms with Crippen molar-refractivity contribution in [2.45, 2.75) is 25.5 Å². The van der Waals surface area contributed by atoms with E-state index in [9.17, 15) is 24.0 Å². The van der Waals surface area contributed by atoms with Crippen molar-refractivity contribution in [1.29, 1.82) is 0 Å². The van der Waals surface area contributed by atoms with Gasteiger partial charge in [-0.1, -0.05) is 43.8 Å². The van der Waals surface area contributed by atoms with Crippen molar-refractivity contribution in [3.05, 3.63) is 70.1 Å². The molecule has 2 aromatic carbocycles. The van der Waals surface area contributed by atoms with Crippen molar-refractivity contribution in [3.8, 4) is 5.75 Å². The average Bonchev–Trinajstić information content (AvgIpc) is 3.11. The highest BCUT2D eigenvalue weighted by Crippen LogP contribution is 2.25. The molecule has 9 nitrogen and oxygen atoms in total. The van der Waals surface area contributed by atoms with Gasteiger partial charge in [0.2, 0.25) is 5.91 Å². The number of anilines is 1. The van der Waals surface area contributed by atoms with Gasteiger partial charge in [0, 0.05) is 11.8 Å². The summed E-state index contributed by atoms with van der Waals surface area (Å²) in [5.74, 6) is -1.95. The largest absolute Gasteiger partial charge is 0.450 e. The molecule has 1 unspecified atom stereocenters. The Morgan fingerprint density at radius 3 is 2.50 bits per heavy atom. The van der Waals surface area contributed by atoms with Crippen molar-refractivity contribution in [1.82, 2.24) is 5.32 Å². The van der Waals surface area contributed by atoms with Crippen molar-refractivity contribution in [3.63, 3.8) is 0 Å². The first-order valence-corrected chi connectivity index (χ1v) is 11.3. The fourth-order valence-electron chi connectivity index (χ4n) is 3.26. The lowest BCUT2D eigenvalue weighted by Gasteiger charge is -2.10. The summed E-state index contributed by atoms with van der Waals surface area (Å²) in [7, 11) is 0. The van der Waals surface area contributed by atoms with Gasteiger partial charge < -0.3 is 14.5 Å². The number of ether oxygens (including phenoxy) is 1. The fraction of sp³-hybridized carbons (Fsp3) is 0.208. The lowest BCUT2D eigenvalue weighted by atomic mass is 10.1. The van der Waals surface area contributed by atoms with E-state index in [2.05, 4.69) is 10.6 Å². The number of hydrogen-bond acceptors (Lipinski definition) is 8. The molecule has 1 aromatic heterocycles. The number of amides is 3. The molecule has 3 amide bonds. The fourth-order valence-corrected chi connectivity index (χ4v) is 4.12. The maximum atomic E-state index is 12.7. The smallest absolute Gasteiger partial charge is 0.313 e. The van der Waals surface area contributed by atoms with Crippen LogP contribution in [0.5, 0.6) is 5.75 Å². The number of thioether (sulfide) groups is 1. The van der Waals surface area contributed by atoms with Crippen LogP contribution in [0.1, 0.15) is 30.0 Å². The summed E-state index contributed by atoms with van der Waals surface area (Å²) in [6.07, 6.45) is 0.375. The molecule has 1 saturated heterocycles. The van der Waals surface area contributed by atoms with Gasteiger partial charge >= 0.3 is 5.97 Å². The Bertz CT molecular complexity index is 1360. The van der Waals surface area contributed by atoms with E-state index in [1.54, 1.807) is 44.2 Å². The molecule has 174 valence electrons. The number of fused-ring (bicyclic) bond motifs is 1. The summed E-state index contributed by atoms with van der Waals surface area (Å²) >= 11 is 0.949. The summed E-state index contributed by atoms with van der Waals surface area (Å²) in [5.41, 5.74) is 0.872. The predicted octanol–water partition coefficient (Wildman–Crippen LogP) is 3.50. The predicted molar refractivity (Wildman–Crippen MR) is 126 cm³/mol. The van der Waals surface area contributed by atoms with Crippen LogP contribution < -0.4 is 20.8 Å². The lowest BCUT2D eigenvalue weighted by molar-refractivity contribution is -0.137. The molecule has 1 aliphatic rings. The second-order valence-electron chi connectivity index (χ2n) is 7.92. The summed E-state index contributed by atoms with van der Waals surface area (Å²) in [5, 5.41) is 4.13. The van der Waals surface area contributed by atoms with Crippen LogP contribution in [0.3, 0.4) is 0 Å². The van der Waals surface area contributed by atoms with Gasteiger partial charge in [0.1, 0.15) is 16.7 Å². The molecule has 3 aromatic rings. The van der Waals surface area contributed by atoms with Gasteiger partial charge in [-0.3, -0.25) is 29.3 Å². The summed E-state index contributed by atoms with van der Waals surface area (Å²) in [6.45, 7) is 3.35. The van der Waals surface area contributed by atoms with Crippen LogP contribution in [0.25, 0.3) is 11.0 Å². The Kier molecular flexibility index (Phi) is 6.51. The van der Waals surface area contributed by atoms with Crippen LogP contribution >= 0.6 is 11.8 Å². The first-order valence-electron chi connectivity index (χ1n) is 10.4. The van der Waals surface area contributed by atoms with E-state index < -0.39 is 22.6 Å². The number of carbonyl (C=O) groups excluding carboxylic acids is 4. The van der Waals surface area contributed by atoms with Crippen molar-refractivity contribution in [2.75, 3.05) is 5.32 Å². The quantitative estimate of drug-likeness (QED) is 0.405. The van der Waals surface area contributed by atoms with E-state index in [0.29, 0.717) is 12.1 Å². The van der Waals surface area contributed by atoms with E-state index in [0.717, 1.165) is 23.4 Å². The Morgan fingerprint density at radius 1 is 1.12 bits per heavy atom. The third-order valence-electron chi connectivity index (χ3n) is 5.02. The van der Waals surface area contributed by atoms with Crippen LogP contribution in [0.15, 0.2) is 57.7 Å². The number of esters is 1. The summed E-state index contributed by atoms with van der Waals surface area (Å²) < 4.78 is 10.9. The van der Waals surface area contributed by atoms with E-state index in [4.69, 9.17) is 9.15 Å². The maximum absolute atomic E-state index is 12.7. The average molecular weight is 480 g/mol. The Balaban J connectivity index is 1.50. The third kappa shape index (κ3) is 5.01. The van der Waals surface area contributed by atoms with Gasteiger partial charge in [-0.15, -0.1) is 0 Å². The molecule has 0 saturated carbocycles. The third-order valence-corrected chi connectivity index (χ3v) is 6.00. The van der Waals surface area contributed by atoms with E-state index >= 15 is 0 Å². The zero-order valence-corrected chi connectivity index (χ0v) is 19.1. The molecule has 2 N–H and O–H groups in total. The number of nitrogens with one attached hydrogen (secondary N) is 2. The molecule has 0 aliphatic carbocycles. The van der Waals surface area contributed by atoms with Crippen LogP contribution in [0.4, 0.5) is 10.5 Å². The zero-order chi connectivity index (χ0) is 24.4. The molecule has 10 heteroatoms. The topological polar surface area (TPSA) is 132 Å². The molecule has 34 heavy (non-hydrogen) atoms. The second-order valence-corrected chi connectivity index (χ2v) is 9.09. The summed E-state index contributed by atoms with van der Waals surface area (Å²) in [4.78, 5) is 60.3. The van der Waals surface area contributed by atoms with Gasteiger partial charge in [-0.2, -0.15) is 0 Å². The number of carbonyl (C=O) groups is 4. The van der Waals surface area contributed by atoms with E-state index in [1.165, 1.54) is 12.1 Å². The Morgan fingerprint density at radius 2 is 1.85 bits per heavy atom. The maximum Gasteiger partial charge on any atom is 0.313 e. The number of rotatable bonds is 6. The highest BCUT2D eigenvalue weighted by atomic mass is 32.2. The Labute approximate surface area is 197 Å². The van der Waals surface area contributed by atoms with Gasteiger partial charge in [-0.25, -0.2) is 0 Å². The molecule has 0 radical (unpaired) electrons. The molecule has 1 atom stereocenters. The first-order chi connectivity index (χ1) is 16.2. The molecule has 0 spiro atoms. The zero-order valence-electron chi connectivity index (χ0n) is 18.2.